The predicted octanol–water partition coefficient (Wildman–Crippen LogP) is 4.87. The SMILES string of the molecule is CCCCCC(C)(O)/C=C/C1CC(C(=O)OCC)C(=O)C1(C/C=C/CCCC(=O)OCC)C(=O)OCC. The zero-order valence-corrected chi connectivity index (χ0v) is 23.3. The van der Waals surface area contributed by atoms with E-state index in [9.17, 15) is 24.3 Å². The van der Waals surface area contributed by atoms with Gasteiger partial charge in [0.15, 0.2) is 5.78 Å². The fourth-order valence-corrected chi connectivity index (χ4v) is 4.72. The summed E-state index contributed by atoms with van der Waals surface area (Å²) in [7, 11) is 0. The molecule has 4 unspecified atom stereocenters. The highest BCUT2D eigenvalue weighted by Crippen LogP contribution is 2.49. The van der Waals surface area contributed by atoms with Crippen molar-refractivity contribution in [1.82, 2.24) is 0 Å². The van der Waals surface area contributed by atoms with E-state index in [0.717, 1.165) is 19.3 Å². The molecule has 1 rings (SSSR count). The van der Waals surface area contributed by atoms with Crippen LogP contribution in [0.3, 0.4) is 0 Å². The van der Waals surface area contributed by atoms with Crippen LogP contribution in [0.25, 0.3) is 0 Å². The number of aliphatic hydroxyl groups is 1. The van der Waals surface area contributed by atoms with Crippen LogP contribution in [-0.4, -0.2) is 54.2 Å². The number of carbonyl (C=O) groups is 4. The first-order valence-electron chi connectivity index (χ1n) is 13.7. The minimum Gasteiger partial charge on any atom is -0.466 e. The van der Waals surface area contributed by atoms with Gasteiger partial charge >= 0.3 is 17.9 Å². The third-order valence-electron chi connectivity index (χ3n) is 6.73. The van der Waals surface area contributed by atoms with Gasteiger partial charge in [0.25, 0.3) is 0 Å². The van der Waals surface area contributed by atoms with Gasteiger partial charge in [0.05, 0.1) is 25.4 Å². The summed E-state index contributed by atoms with van der Waals surface area (Å²) >= 11 is 0. The van der Waals surface area contributed by atoms with Crippen LogP contribution < -0.4 is 0 Å². The number of carbonyl (C=O) groups excluding carboxylic acids is 4. The summed E-state index contributed by atoms with van der Waals surface area (Å²) in [5, 5.41) is 10.9. The molecule has 1 N–H and O–H groups in total. The van der Waals surface area contributed by atoms with Gasteiger partial charge in [-0.3, -0.25) is 19.2 Å². The van der Waals surface area contributed by atoms with Gasteiger partial charge in [-0.1, -0.05) is 50.5 Å². The van der Waals surface area contributed by atoms with E-state index >= 15 is 0 Å². The Morgan fingerprint density at radius 2 is 1.68 bits per heavy atom. The number of unbranched alkanes of at least 4 members (excludes halogenated alkanes) is 3. The third kappa shape index (κ3) is 9.72. The van der Waals surface area contributed by atoms with Gasteiger partial charge in [0.2, 0.25) is 0 Å². The first-order valence-corrected chi connectivity index (χ1v) is 13.7. The fourth-order valence-electron chi connectivity index (χ4n) is 4.72. The van der Waals surface area contributed by atoms with E-state index in [2.05, 4.69) is 6.92 Å². The molecular weight excluding hydrogens is 476 g/mol. The maximum Gasteiger partial charge on any atom is 0.320 e. The van der Waals surface area contributed by atoms with Crippen molar-refractivity contribution in [2.45, 2.75) is 98.0 Å². The summed E-state index contributed by atoms with van der Waals surface area (Å²) in [6.07, 6.45) is 11.9. The third-order valence-corrected chi connectivity index (χ3v) is 6.73. The van der Waals surface area contributed by atoms with Crippen molar-refractivity contribution in [2.24, 2.45) is 17.3 Å². The van der Waals surface area contributed by atoms with E-state index < -0.39 is 40.6 Å². The van der Waals surface area contributed by atoms with Crippen LogP contribution in [0.5, 0.6) is 0 Å². The summed E-state index contributed by atoms with van der Waals surface area (Å²) in [5.41, 5.74) is -2.70. The Bertz CT molecular complexity index is 813. The molecular formula is C29H46O8. The number of ether oxygens (including phenoxy) is 3. The van der Waals surface area contributed by atoms with Crippen molar-refractivity contribution in [2.75, 3.05) is 19.8 Å². The van der Waals surface area contributed by atoms with Crippen molar-refractivity contribution < 1.29 is 38.5 Å². The van der Waals surface area contributed by atoms with Gasteiger partial charge < -0.3 is 19.3 Å². The van der Waals surface area contributed by atoms with Crippen molar-refractivity contribution in [1.29, 1.82) is 0 Å². The lowest BCUT2D eigenvalue weighted by Crippen LogP contribution is -2.43. The smallest absolute Gasteiger partial charge is 0.320 e. The maximum absolute atomic E-state index is 13.7. The number of rotatable bonds is 17. The highest BCUT2D eigenvalue weighted by Gasteiger charge is 2.61. The van der Waals surface area contributed by atoms with Crippen LogP contribution in [-0.2, 0) is 33.4 Å². The summed E-state index contributed by atoms with van der Waals surface area (Å²) in [5.74, 6) is -3.83. The lowest BCUT2D eigenvalue weighted by Gasteiger charge is -2.30. The Balaban J connectivity index is 3.24. The van der Waals surface area contributed by atoms with E-state index in [1.165, 1.54) is 0 Å². The summed E-state index contributed by atoms with van der Waals surface area (Å²) < 4.78 is 15.4. The second-order valence-electron chi connectivity index (χ2n) is 9.75. The molecule has 0 heterocycles. The van der Waals surface area contributed by atoms with Gasteiger partial charge in [-0.15, -0.1) is 0 Å². The Hall–Kier alpha value is -2.48. The predicted molar refractivity (Wildman–Crippen MR) is 140 cm³/mol. The minimum absolute atomic E-state index is 0.0486. The second-order valence-corrected chi connectivity index (χ2v) is 9.75. The van der Waals surface area contributed by atoms with Crippen LogP contribution in [0.2, 0.25) is 0 Å². The largest absolute Gasteiger partial charge is 0.466 e. The number of Topliss-reactive ketones (excluding diaryl/α,β-unsaturated/α-hetero) is 1. The van der Waals surface area contributed by atoms with Crippen molar-refractivity contribution >= 4 is 23.7 Å². The van der Waals surface area contributed by atoms with E-state index in [4.69, 9.17) is 14.2 Å². The molecule has 1 fully saturated rings. The highest BCUT2D eigenvalue weighted by atomic mass is 16.5. The van der Waals surface area contributed by atoms with Crippen LogP contribution in [0.4, 0.5) is 0 Å². The number of hydrogen-bond acceptors (Lipinski definition) is 8. The van der Waals surface area contributed by atoms with Gasteiger partial charge in [-0.05, 0) is 59.8 Å². The maximum atomic E-state index is 13.7. The molecule has 1 aliphatic carbocycles. The first-order chi connectivity index (χ1) is 17.6. The number of hydrogen-bond donors (Lipinski definition) is 1. The lowest BCUT2D eigenvalue weighted by atomic mass is 9.73. The molecule has 0 aromatic heterocycles. The molecule has 37 heavy (non-hydrogen) atoms. The highest BCUT2D eigenvalue weighted by molar-refractivity contribution is 6.14. The molecule has 0 aromatic rings. The van der Waals surface area contributed by atoms with Crippen molar-refractivity contribution in [3.63, 3.8) is 0 Å². The summed E-state index contributed by atoms with van der Waals surface area (Å²) in [4.78, 5) is 51.2. The fraction of sp³-hybridized carbons (Fsp3) is 0.724. The number of allylic oxidation sites excluding steroid dienone is 3. The normalized spacial score (nSPS) is 23.4. The molecule has 0 aliphatic heterocycles. The molecule has 1 saturated carbocycles. The van der Waals surface area contributed by atoms with Crippen LogP contribution >= 0.6 is 0 Å². The zero-order valence-electron chi connectivity index (χ0n) is 23.3. The van der Waals surface area contributed by atoms with Crippen molar-refractivity contribution in [3.05, 3.63) is 24.3 Å². The number of ketones is 1. The number of esters is 3. The molecule has 210 valence electrons. The minimum atomic E-state index is -1.60. The van der Waals surface area contributed by atoms with Gasteiger partial charge in [-0.2, -0.15) is 0 Å². The van der Waals surface area contributed by atoms with Gasteiger partial charge in [0.1, 0.15) is 11.3 Å². The standard InChI is InChI=1S/C29H46O8/c1-6-10-14-18-28(5,34)20-17-22-21-23(26(32)36-8-3)25(31)29(22,27(33)37-9-4)19-15-12-11-13-16-24(30)35-7-2/h12,15,17,20,22-23,34H,6-11,13-14,16,18-19,21H2,1-5H3/b15-12+,20-17+. The molecule has 8 nitrogen and oxygen atoms in total. The molecule has 0 aromatic carbocycles. The van der Waals surface area contributed by atoms with E-state index in [1.54, 1.807) is 45.9 Å². The van der Waals surface area contributed by atoms with Crippen LogP contribution in [0.15, 0.2) is 24.3 Å². The summed E-state index contributed by atoms with van der Waals surface area (Å²) in [6, 6.07) is 0. The molecule has 4 atom stereocenters. The molecule has 0 saturated heterocycles. The summed E-state index contributed by atoms with van der Waals surface area (Å²) in [6.45, 7) is 9.43. The molecule has 1 aliphatic rings. The quantitative estimate of drug-likeness (QED) is 0.0945. The Morgan fingerprint density at radius 3 is 2.30 bits per heavy atom. The second kappa shape index (κ2) is 16.4. The Labute approximate surface area is 221 Å². The lowest BCUT2D eigenvalue weighted by molar-refractivity contribution is -0.162. The molecule has 0 amide bonds. The molecule has 0 spiro atoms. The molecule has 8 heteroatoms. The average Bonchev–Trinajstić information content (AvgIpc) is 3.13. The average molecular weight is 523 g/mol. The zero-order chi connectivity index (χ0) is 27.9. The van der Waals surface area contributed by atoms with Crippen LogP contribution in [0, 0.1) is 17.3 Å². The van der Waals surface area contributed by atoms with E-state index in [-0.39, 0.29) is 38.4 Å². The topological polar surface area (TPSA) is 116 Å². The van der Waals surface area contributed by atoms with Gasteiger partial charge in [-0.25, -0.2) is 0 Å². The van der Waals surface area contributed by atoms with Crippen molar-refractivity contribution in [3.8, 4) is 0 Å². The van der Waals surface area contributed by atoms with Gasteiger partial charge in [0, 0.05) is 12.3 Å². The monoisotopic (exact) mass is 522 g/mol. The van der Waals surface area contributed by atoms with E-state index in [0.29, 0.717) is 25.9 Å². The van der Waals surface area contributed by atoms with Crippen LogP contribution in [0.1, 0.15) is 92.4 Å². The Morgan fingerprint density at radius 1 is 1.00 bits per heavy atom. The first kappa shape index (κ1) is 32.5. The Kier molecular flexibility index (Phi) is 14.4. The van der Waals surface area contributed by atoms with E-state index in [1.807, 2.05) is 6.08 Å². The molecule has 0 bridgehead atoms. The molecule has 0 radical (unpaired) electrons.